The summed E-state index contributed by atoms with van der Waals surface area (Å²) in [4.78, 5) is 4.43. The van der Waals surface area contributed by atoms with Gasteiger partial charge < -0.3 is 5.11 Å². The standard InChI is InChI=1S/C11H13N3OS/c15-9-2-1-5-14-11(9)12-10(13-14)8-3-6-16-7-4-8/h1-2,5,8,15H,3-4,6-7H2. The Bertz CT molecular complexity index is 505. The Hall–Kier alpha value is -1.23. The van der Waals surface area contributed by atoms with Crippen LogP contribution >= 0.6 is 11.8 Å². The van der Waals surface area contributed by atoms with Gasteiger partial charge in [0.15, 0.2) is 17.2 Å². The van der Waals surface area contributed by atoms with Crippen LogP contribution in [-0.2, 0) is 0 Å². The number of aromatic hydroxyl groups is 1. The Morgan fingerprint density at radius 1 is 1.38 bits per heavy atom. The van der Waals surface area contributed by atoms with E-state index in [0.29, 0.717) is 11.6 Å². The summed E-state index contributed by atoms with van der Waals surface area (Å²) in [6.45, 7) is 0. The monoisotopic (exact) mass is 235 g/mol. The second-order valence-electron chi connectivity index (χ2n) is 4.02. The van der Waals surface area contributed by atoms with Gasteiger partial charge in [-0.1, -0.05) is 0 Å². The fraction of sp³-hybridized carbons (Fsp3) is 0.455. The van der Waals surface area contributed by atoms with E-state index in [1.54, 1.807) is 16.6 Å². The van der Waals surface area contributed by atoms with E-state index in [2.05, 4.69) is 10.1 Å². The maximum atomic E-state index is 9.66. The van der Waals surface area contributed by atoms with Crippen molar-refractivity contribution in [3.05, 3.63) is 24.2 Å². The molecule has 2 aromatic rings. The zero-order chi connectivity index (χ0) is 11.0. The van der Waals surface area contributed by atoms with Gasteiger partial charge in [0.2, 0.25) is 0 Å². The molecule has 0 radical (unpaired) electrons. The Morgan fingerprint density at radius 2 is 2.19 bits per heavy atom. The average molecular weight is 235 g/mol. The molecule has 1 N–H and O–H groups in total. The van der Waals surface area contributed by atoms with Crippen LogP contribution in [-0.4, -0.2) is 31.2 Å². The quantitative estimate of drug-likeness (QED) is 0.822. The van der Waals surface area contributed by atoms with Gasteiger partial charge >= 0.3 is 0 Å². The number of hydrogen-bond acceptors (Lipinski definition) is 4. The normalized spacial score (nSPS) is 18.0. The van der Waals surface area contributed by atoms with E-state index in [-0.39, 0.29) is 5.75 Å². The molecule has 16 heavy (non-hydrogen) atoms. The summed E-state index contributed by atoms with van der Waals surface area (Å²) in [7, 11) is 0. The molecule has 0 amide bonds. The van der Waals surface area contributed by atoms with Crippen LogP contribution in [0.1, 0.15) is 24.6 Å². The minimum absolute atomic E-state index is 0.200. The SMILES string of the molecule is Oc1cccn2nc(C3CCSCC3)nc12. The molecule has 1 fully saturated rings. The molecule has 2 aromatic heterocycles. The number of fused-ring (bicyclic) bond motifs is 1. The van der Waals surface area contributed by atoms with Crippen molar-refractivity contribution in [2.75, 3.05) is 11.5 Å². The van der Waals surface area contributed by atoms with Crippen molar-refractivity contribution < 1.29 is 5.11 Å². The third kappa shape index (κ3) is 1.65. The Kier molecular flexibility index (Phi) is 2.47. The van der Waals surface area contributed by atoms with Crippen LogP contribution in [0.3, 0.4) is 0 Å². The lowest BCUT2D eigenvalue weighted by atomic mass is 10.0. The van der Waals surface area contributed by atoms with Crippen LogP contribution in [0.15, 0.2) is 18.3 Å². The Labute approximate surface area is 97.7 Å². The fourth-order valence-corrected chi connectivity index (χ4v) is 3.14. The van der Waals surface area contributed by atoms with Gasteiger partial charge in [-0.3, -0.25) is 0 Å². The maximum absolute atomic E-state index is 9.66. The number of hydrogen-bond donors (Lipinski definition) is 1. The lowest BCUT2D eigenvalue weighted by molar-refractivity contribution is 0.477. The second kappa shape index (κ2) is 3.97. The van der Waals surface area contributed by atoms with Crippen molar-refractivity contribution in [3.8, 4) is 5.75 Å². The smallest absolute Gasteiger partial charge is 0.197 e. The van der Waals surface area contributed by atoms with Crippen LogP contribution in [0, 0.1) is 0 Å². The summed E-state index contributed by atoms with van der Waals surface area (Å²) in [5.74, 6) is 3.91. The largest absolute Gasteiger partial charge is 0.504 e. The van der Waals surface area contributed by atoms with Crippen molar-refractivity contribution in [2.45, 2.75) is 18.8 Å². The highest BCUT2D eigenvalue weighted by atomic mass is 32.2. The zero-order valence-corrected chi connectivity index (χ0v) is 9.65. The topological polar surface area (TPSA) is 50.4 Å². The molecule has 3 rings (SSSR count). The van der Waals surface area contributed by atoms with Crippen molar-refractivity contribution in [2.24, 2.45) is 0 Å². The summed E-state index contributed by atoms with van der Waals surface area (Å²) < 4.78 is 1.66. The molecule has 1 saturated heterocycles. The maximum Gasteiger partial charge on any atom is 0.197 e. The first kappa shape index (κ1) is 9.96. The molecule has 5 heteroatoms. The van der Waals surface area contributed by atoms with Gasteiger partial charge in [-0.2, -0.15) is 16.9 Å². The van der Waals surface area contributed by atoms with Crippen LogP contribution in [0.2, 0.25) is 0 Å². The summed E-state index contributed by atoms with van der Waals surface area (Å²) >= 11 is 1.99. The predicted molar refractivity (Wildman–Crippen MR) is 64.0 cm³/mol. The molecule has 0 atom stereocenters. The molecular formula is C11H13N3OS. The number of nitrogens with zero attached hydrogens (tertiary/aromatic N) is 3. The minimum atomic E-state index is 0.200. The van der Waals surface area contributed by atoms with E-state index in [0.717, 1.165) is 18.7 Å². The van der Waals surface area contributed by atoms with Crippen LogP contribution in [0.25, 0.3) is 5.65 Å². The molecule has 4 nitrogen and oxygen atoms in total. The number of thioether (sulfide) groups is 1. The highest BCUT2D eigenvalue weighted by Gasteiger charge is 2.20. The molecule has 3 heterocycles. The van der Waals surface area contributed by atoms with E-state index in [1.807, 2.05) is 18.0 Å². The lowest BCUT2D eigenvalue weighted by Gasteiger charge is -2.17. The van der Waals surface area contributed by atoms with Gasteiger partial charge in [0.05, 0.1) is 0 Å². The molecule has 0 saturated carbocycles. The summed E-state index contributed by atoms with van der Waals surface area (Å²) in [6, 6.07) is 3.42. The minimum Gasteiger partial charge on any atom is -0.504 e. The Morgan fingerprint density at radius 3 is 2.94 bits per heavy atom. The van der Waals surface area contributed by atoms with Crippen LogP contribution < -0.4 is 0 Å². The molecule has 0 spiro atoms. The van der Waals surface area contributed by atoms with Gasteiger partial charge in [0.25, 0.3) is 0 Å². The summed E-state index contributed by atoms with van der Waals surface area (Å²) in [6.07, 6.45) is 4.10. The van der Waals surface area contributed by atoms with Crippen LogP contribution in [0.5, 0.6) is 5.75 Å². The number of pyridine rings is 1. The molecular weight excluding hydrogens is 222 g/mol. The second-order valence-corrected chi connectivity index (χ2v) is 5.24. The molecule has 1 aliphatic rings. The van der Waals surface area contributed by atoms with Crippen molar-refractivity contribution >= 4 is 17.4 Å². The highest BCUT2D eigenvalue weighted by molar-refractivity contribution is 7.99. The molecule has 1 aliphatic heterocycles. The first-order valence-electron chi connectivity index (χ1n) is 5.46. The average Bonchev–Trinajstić information content (AvgIpc) is 2.76. The predicted octanol–water partition coefficient (Wildman–Crippen LogP) is 2.05. The van der Waals surface area contributed by atoms with Crippen molar-refractivity contribution in [1.29, 1.82) is 0 Å². The van der Waals surface area contributed by atoms with Crippen molar-refractivity contribution in [1.82, 2.24) is 14.6 Å². The van der Waals surface area contributed by atoms with E-state index < -0.39 is 0 Å². The summed E-state index contributed by atoms with van der Waals surface area (Å²) in [5.41, 5.74) is 0.565. The number of aromatic nitrogens is 3. The van der Waals surface area contributed by atoms with E-state index >= 15 is 0 Å². The summed E-state index contributed by atoms with van der Waals surface area (Å²) in [5, 5.41) is 14.1. The third-order valence-electron chi connectivity index (χ3n) is 2.94. The van der Waals surface area contributed by atoms with E-state index in [9.17, 15) is 5.11 Å². The van der Waals surface area contributed by atoms with Gasteiger partial charge in [-0.25, -0.2) is 9.50 Å². The highest BCUT2D eigenvalue weighted by Crippen LogP contribution is 2.30. The van der Waals surface area contributed by atoms with E-state index in [1.165, 1.54) is 11.5 Å². The molecule has 0 bridgehead atoms. The molecule has 0 aromatic carbocycles. The fourth-order valence-electron chi connectivity index (χ4n) is 2.04. The molecule has 0 unspecified atom stereocenters. The Balaban J connectivity index is 2.01. The van der Waals surface area contributed by atoms with E-state index in [4.69, 9.17) is 0 Å². The molecule has 0 aliphatic carbocycles. The third-order valence-corrected chi connectivity index (χ3v) is 3.99. The first-order chi connectivity index (χ1) is 7.84. The zero-order valence-electron chi connectivity index (χ0n) is 8.83. The van der Waals surface area contributed by atoms with Gasteiger partial charge in [0.1, 0.15) is 0 Å². The first-order valence-corrected chi connectivity index (χ1v) is 6.62. The van der Waals surface area contributed by atoms with Gasteiger partial charge in [-0.15, -0.1) is 0 Å². The molecule has 84 valence electrons. The van der Waals surface area contributed by atoms with Gasteiger partial charge in [0, 0.05) is 12.1 Å². The van der Waals surface area contributed by atoms with Gasteiger partial charge in [-0.05, 0) is 36.5 Å². The van der Waals surface area contributed by atoms with Crippen LogP contribution in [0.4, 0.5) is 0 Å². The lowest BCUT2D eigenvalue weighted by Crippen LogP contribution is -2.09. The number of rotatable bonds is 1. The van der Waals surface area contributed by atoms with Crippen molar-refractivity contribution in [3.63, 3.8) is 0 Å².